The topological polar surface area (TPSA) is 114 Å². The number of fused-ring (bicyclic) bond motifs is 1. The first-order valence-electron chi connectivity index (χ1n) is 6.99. The van der Waals surface area contributed by atoms with E-state index in [0.717, 1.165) is 0 Å². The third kappa shape index (κ3) is 3.12. The molecule has 0 saturated heterocycles. The van der Waals surface area contributed by atoms with Crippen molar-refractivity contribution in [2.24, 2.45) is 0 Å². The number of hydrogen-bond acceptors (Lipinski definition) is 6. The molecule has 0 amide bonds. The Bertz CT molecular complexity index is 1090. The Labute approximate surface area is 141 Å². The molecule has 0 saturated carbocycles. The highest BCUT2D eigenvalue weighted by molar-refractivity contribution is 5.79. The van der Waals surface area contributed by atoms with Gasteiger partial charge in [0.15, 0.2) is 5.57 Å². The lowest BCUT2D eigenvalue weighted by atomic mass is 10.2. The van der Waals surface area contributed by atoms with Crippen molar-refractivity contribution in [1.29, 1.82) is 15.8 Å². The molecule has 1 N–H and O–H groups in total. The van der Waals surface area contributed by atoms with E-state index in [9.17, 15) is 4.39 Å². The summed E-state index contributed by atoms with van der Waals surface area (Å²) >= 11 is 0. The van der Waals surface area contributed by atoms with Crippen molar-refractivity contribution in [3.8, 4) is 23.9 Å². The third-order valence-corrected chi connectivity index (χ3v) is 3.29. The highest BCUT2D eigenvalue weighted by Crippen LogP contribution is 2.19. The van der Waals surface area contributed by atoms with Crippen molar-refractivity contribution in [2.45, 2.75) is 0 Å². The number of benzene rings is 2. The first-order chi connectivity index (χ1) is 12.1. The zero-order chi connectivity index (χ0) is 17.8. The minimum absolute atomic E-state index is 0.143. The Morgan fingerprint density at radius 3 is 2.24 bits per heavy atom. The van der Waals surface area contributed by atoms with Gasteiger partial charge in [0.25, 0.3) is 0 Å². The fourth-order valence-corrected chi connectivity index (χ4v) is 2.11. The van der Waals surface area contributed by atoms with E-state index in [1.54, 1.807) is 48.5 Å². The summed E-state index contributed by atoms with van der Waals surface area (Å²) in [7, 11) is 0. The first kappa shape index (κ1) is 15.7. The number of nitriles is 3. The summed E-state index contributed by atoms with van der Waals surface area (Å²) in [4.78, 5) is 1.37. The molecule has 0 aliphatic rings. The third-order valence-electron chi connectivity index (χ3n) is 3.29. The predicted octanol–water partition coefficient (Wildman–Crippen LogP) is 2.80. The molecule has 0 bridgehead atoms. The SMILES string of the molecule is N#CC(C#N)=C(C#N)Nc1ccc2nn(-c3ccc(F)cc3)nc2c1. The number of nitrogens with zero attached hydrogens (tertiary/aromatic N) is 6. The van der Waals surface area contributed by atoms with Crippen LogP contribution >= 0.6 is 0 Å². The van der Waals surface area contributed by atoms with Gasteiger partial charge in [-0.25, -0.2) is 4.39 Å². The smallest absolute Gasteiger partial charge is 0.163 e. The Morgan fingerprint density at radius 2 is 1.60 bits per heavy atom. The van der Waals surface area contributed by atoms with Gasteiger partial charge in [-0.15, -0.1) is 10.2 Å². The highest BCUT2D eigenvalue weighted by atomic mass is 19.1. The maximum absolute atomic E-state index is 13.0. The molecule has 3 aromatic rings. The number of allylic oxidation sites excluding steroid dienone is 2. The van der Waals surface area contributed by atoms with Crippen LogP contribution in [0, 0.1) is 39.8 Å². The van der Waals surface area contributed by atoms with Gasteiger partial charge in [0.1, 0.15) is 40.8 Å². The molecule has 0 radical (unpaired) electrons. The fraction of sp³-hybridized carbons (Fsp3) is 0. The lowest BCUT2D eigenvalue weighted by Crippen LogP contribution is -2.00. The molecule has 0 unspecified atom stereocenters. The van der Waals surface area contributed by atoms with E-state index in [1.165, 1.54) is 16.9 Å². The molecule has 0 fully saturated rings. The molecule has 8 heteroatoms. The number of halogens is 1. The monoisotopic (exact) mass is 329 g/mol. The molecule has 0 atom stereocenters. The number of rotatable bonds is 3. The number of hydrogen-bond donors (Lipinski definition) is 1. The Kier molecular flexibility index (Phi) is 4.07. The van der Waals surface area contributed by atoms with Crippen molar-refractivity contribution in [2.75, 3.05) is 5.32 Å². The van der Waals surface area contributed by atoms with Gasteiger partial charge >= 0.3 is 0 Å². The molecule has 7 nitrogen and oxygen atoms in total. The molecule has 25 heavy (non-hydrogen) atoms. The lowest BCUT2D eigenvalue weighted by Gasteiger charge is -2.03. The van der Waals surface area contributed by atoms with Crippen molar-refractivity contribution < 1.29 is 4.39 Å². The van der Waals surface area contributed by atoms with Crippen LogP contribution in [0.1, 0.15) is 0 Å². The zero-order valence-electron chi connectivity index (χ0n) is 12.6. The molecule has 2 aromatic carbocycles. The van der Waals surface area contributed by atoms with Gasteiger partial charge in [-0.2, -0.15) is 20.6 Å². The quantitative estimate of drug-likeness (QED) is 0.739. The summed E-state index contributed by atoms with van der Waals surface area (Å²) in [5.74, 6) is -0.353. The molecule has 0 aliphatic carbocycles. The van der Waals surface area contributed by atoms with Crippen LogP contribution < -0.4 is 5.32 Å². The van der Waals surface area contributed by atoms with Crippen LogP contribution in [0.2, 0.25) is 0 Å². The van der Waals surface area contributed by atoms with Crippen molar-refractivity contribution in [3.05, 3.63) is 59.6 Å². The standard InChI is InChI=1S/C17H8FN7/c18-12-1-4-14(5-2-12)25-23-15-6-3-13(7-16(15)24-25)22-17(10-21)11(8-19)9-20/h1-7,22H. The van der Waals surface area contributed by atoms with Gasteiger partial charge in [0.2, 0.25) is 0 Å². The van der Waals surface area contributed by atoms with E-state index in [2.05, 4.69) is 15.5 Å². The van der Waals surface area contributed by atoms with Crippen LogP contribution in [0.15, 0.2) is 53.7 Å². The van der Waals surface area contributed by atoms with Crippen molar-refractivity contribution in [3.63, 3.8) is 0 Å². The van der Waals surface area contributed by atoms with Crippen molar-refractivity contribution >= 4 is 16.7 Å². The molecule has 1 heterocycles. The van der Waals surface area contributed by atoms with Gasteiger partial charge in [-0.1, -0.05) is 0 Å². The summed E-state index contributed by atoms with van der Waals surface area (Å²) in [6.07, 6.45) is 0. The van der Waals surface area contributed by atoms with E-state index in [1.807, 2.05) is 0 Å². The van der Waals surface area contributed by atoms with Crippen LogP contribution in [0.25, 0.3) is 16.7 Å². The minimum atomic E-state index is -0.353. The molecular weight excluding hydrogens is 321 g/mol. The van der Waals surface area contributed by atoms with Gasteiger partial charge in [-0.3, -0.25) is 0 Å². The maximum atomic E-state index is 13.0. The Hall–Kier alpha value is -4.22. The summed E-state index contributed by atoms with van der Waals surface area (Å²) < 4.78 is 13.0. The van der Waals surface area contributed by atoms with E-state index >= 15 is 0 Å². The molecule has 0 spiro atoms. The Morgan fingerprint density at radius 1 is 0.920 bits per heavy atom. The van der Waals surface area contributed by atoms with E-state index in [0.29, 0.717) is 22.4 Å². The van der Waals surface area contributed by atoms with Crippen LogP contribution in [0.3, 0.4) is 0 Å². The summed E-state index contributed by atoms with van der Waals surface area (Å²) in [6, 6.07) is 15.8. The summed E-state index contributed by atoms with van der Waals surface area (Å²) in [6.45, 7) is 0. The molecule has 118 valence electrons. The second-order valence-electron chi connectivity index (χ2n) is 4.88. The average molecular weight is 329 g/mol. The predicted molar refractivity (Wildman–Crippen MR) is 86.3 cm³/mol. The lowest BCUT2D eigenvalue weighted by molar-refractivity contribution is 0.626. The van der Waals surface area contributed by atoms with Crippen LogP contribution in [-0.4, -0.2) is 15.0 Å². The van der Waals surface area contributed by atoms with E-state index < -0.39 is 0 Å². The second-order valence-corrected chi connectivity index (χ2v) is 4.88. The van der Waals surface area contributed by atoms with Gasteiger partial charge in [0.05, 0.1) is 5.69 Å². The van der Waals surface area contributed by atoms with Gasteiger partial charge in [0, 0.05) is 5.69 Å². The molecule has 1 aromatic heterocycles. The summed E-state index contributed by atoms with van der Waals surface area (Å²) in [5.41, 5.74) is 1.76. The second kappa shape index (κ2) is 6.49. The van der Waals surface area contributed by atoms with E-state index in [-0.39, 0.29) is 17.1 Å². The first-order valence-corrected chi connectivity index (χ1v) is 6.99. The van der Waals surface area contributed by atoms with Gasteiger partial charge < -0.3 is 5.32 Å². The number of anilines is 1. The van der Waals surface area contributed by atoms with Gasteiger partial charge in [-0.05, 0) is 42.5 Å². The van der Waals surface area contributed by atoms with Crippen LogP contribution in [-0.2, 0) is 0 Å². The van der Waals surface area contributed by atoms with Crippen molar-refractivity contribution in [1.82, 2.24) is 15.0 Å². The zero-order valence-corrected chi connectivity index (χ0v) is 12.6. The number of nitrogens with one attached hydrogen (secondary N) is 1. The fourth-order valence-electron chi connectivity index (χ4n) is 2.11. The average Bonchev–Trinajstić information content (AvgIpc) is 3.05. The highest BCUT2D eigenvalue weighted by Gasteiger charge is 2.09. The maximum Gasteiger partial charge on any atom is 0.163 e. The Balaban J connectivity index is 1.98. The van der Waals surface area contributed by atoms with E-state index in [4.69, 9.17) is 15.8 Å². The molecule has 3 rings (SSSR count). The largest absolute Gasteiger partial charge is 0.345 e. The normalized spacial score (nSPS) is 9.68. The minimum Gasteiger partial charge on any atom is -0.345 e. The number of aromatic nitrogens is 3. The molecular formula is C17H8FN7. The van der Waals surface area contributed by atoms with Crippen LogP contribution in [0.5, 0.6) is 0 Å². The van der Waals surface area contributed by atoms with Crippen LogP contribution in [0.4, 0.5) is 10.1 Å². The molecule has 0 aliphatic heterocycles. The summed E-state index contributed by atoms with van der Waals surface area (Å²) in [5, 5.41) is 38.1.